The van der Waals surface area contributed by atoms with Crippen molar-refractivity contribution in [1.29, 1.82) is 0 Å². The van der Waals surface area contributed by atoms with Crippen LogP contribution in [0.3, 0.4) is 0 Å². The molecule has 0 aromatic rings. The number of nitrogens with zero attached hydrogens (tertiary/aromatic N) is 1. The summed E-state index contributed by atoms with van der Waals surface area (Å²) >= 11 is 0. The van der Waals surface area contributed by atoms with E-state index in [1.54, 1.807) is 0 Å². The Labute approximate surface area is 198 Å². The van der Waals surface area contributed by atoms with Crippen LogP contribution < -0.4 is 0 Å². The number of hydrogen-bond donors (Lipinski definition) is 3. The highest BCUT2D eigenvalue weighted by Gasteiger charge is 2.48. The molecule has 1 atom stereocenters. The number of allylic oxidation sites excluding steroid dienone is 4. The van der Waals surface area contributed by atoms with Crippen molar-refractivity contribution in [2.45, 2.75) is 115 Å². The van der Waals surface area contributed by atoms with Crippen molar-refractivity contribution >= 4 is 7.60 Å². The van der Waals surface area contributed by atoms with E-state index in [0.29, 0.717) is 10.9 Å². The van der Waals surface area contributed by atoms with Crippen LogP contribution in [0.15, 0.2) is 24.3 Å². The van der Waals surface area contributed by atoms with Gasteiger partial charge in [0.05, 0.1) is 21.1 Å². The van der Waals surface area contributed by atoms with Crippen LogP contribution in [0.25, 0.3) is 0 Å². The molecule has 0 spiro atoms. The monoisotopic (exact) mass is 474 g/mol. The van der Waals surface area contributed by atoms with Crippen molar-refractivity contribution < 1.29 is 23.9 Å². The molecule has 1 unspecified atom stereocenters. The summed E-state index contributed by atoms with van der Waals surface area (Å²) in [6, 6.07) is 0. The molecule has 32 heavy (non-hydrogen) atoms. The van der Waals surface area contributed by atoms with Crippen molar-refractivity contribution in [2.75, 3.05) is 27.7 Å². The zero-order valence-corrected chi connectivity index (χ0v) is 22.4. The largest absolute Gasteiger partial charge is 0.373 e. The van der Waals surface area contributed by atoms with Crippen LogP contribution in [-0.4, -0.2) is 52.4 Å². The highest BCUT2D eigenvalue weighted by molar-refractivity contribution is 7.53. The fourth-order valence-electron chi connectivity index (χ4n) is 3.97. The molecule has 0 bridgehead atoms. The Morgan fingerprint density at radius 2 is 1.09 bits per heavy atom. The molecule has 6 heteroatoms. The van der Waals surface area contributed by atoms with Gasteiger partial charge in [0.15, 0.2) is 0 Å². The predicted molar refractivity (Wildman–Crippen MR) is 138 cm³/mol. The Balaban J connectivity index is 3.71. The summed E-state index contributed by atoms with van der Waals surface area (Å²) in [5, 5.41) is 8.60. The zero-order chi connectivity index (χ0) is 24.3. The van der Waals surface area contributed by atoms with Crippen molar-refractivity contribution in [2.24, 2.45) is 0 Å². The fraction of sp³-hybridized carbons (Fsp3) is 0.846. The van der Waals surface area contributed by atoms with Crippen LogP contribution >= 0.6 is 7.60 Å². The summed E-state index contributed by atoms with van der Waals surface area (Å²) in [7, 11) is 0.936. The van der Waals surface area contributed by atoms with Crippen LogP contribution in [0.1, 0.15) is 110 Å². The number of hydrogen-bond acceptors (Lipinski definition) is 2. The van der Waals surface area contributed by atoms with Gasteiger partial charge in [0.25, 0.3) is 0 Å². The fourth-order valence-corrected chi connectivity index (χ4v) is 5.03. The van der Waals surface area contributed by atoms with Gasteiger partial charge in [-0.1, -0.05) is 76.2 Å². The highest BCUT2D eigenvalue weighted by Crippen LogP contribution is 2.52. The molecule has 0 amide bonds. The quantitative estimate of drug-likeness (QED) is 0.0729. The summed E-state index contributed by atoms with van der Waals surface area (Å²) < 4.78 is 12.1. The van der Waals surface area contributed by atoms with Crippen molar-refractivity contribution in [1.82, 2.24) is 0 Å². The maximum Gasteiger partial charge on any atom is 0.362 e. The van der Waals surface area contributed by atoms with E-state index in [0.717, 1.165) is 32.1 Å². The maximum absolute atomic E-state index is 11.8. The molecule has 5 nitrogen and oxygen atoms in total. The van der Waals surface area contributed by atoms with Gasteiger partial charge in [0, 0.05) is 0 Å². The molecule has 0 aliphatic heterocycles. The third kappa shape index (κ3) is 18.0. The Morgan fingerprint density at radius 1 is 0.688 bits per heavy atom. The summed E-state index contributed by atoms with van der Waals surface area (Å²) in [6.07, 6.45) is 26.9. The second-order valence-electron chi connectivity index (χ2n) is 10.4. The number of rotatable bonds is 21. The van der Waals surface area contributed by atoms with Gasteiger partial charge < -0.3 is 19.4 Å². The molecule has 3 N–H and O–H groups in total. The number of unbranched alkanes of at least 4 members (excludes halogenated alkanes) is 12. The first-order valence-electron chi connectivity index (χ1n) is 12.9. The lowest BCUT2D eigenvalue weighted by Crippen LogP contribution is -2.49. The predicted octanol–water partition coefficient (Wildman–Crippen LogP) is 6.93. The summed E-state index contributed by atoms with van der Waals surface area (Å²) in [4.78, 5) is 19.2. The van der Waals surface area contributed by atoms with Crippen molar-refractivity contribution in [3.63, 3.8) is 0 Å². The lowest BCUT2D eigenvalue weighted by Gasteiger charge is -2.35. The normalized spacial score (nSPS) is 15.1. The van der Waals surface area contributed by atoms with Gasteiger partial charge in [-0.3, -0.25) is 4.57 Å². The van der Waals surface area contributed by atoms with E-state index in [2.05, 4.69) is 31.2 Å². The van der Waals surface area contributed by atoms with Gasteiger partial charge in [-0.25, -0.2) is 0 Å². The second-order valence-corrected chi connectivity index (χ2v) is 12.3. The smallest absolute Gasteiger partial charge is 0.362 e. The van der Waals surface area contributed by atoms with E-state index < -0.39 is 12.9 Å². The molecular formula is C26H53NO4P+. The molecule has 0 saturated heterocycles. The minimum absolute atomic E-state index is 0.0463. The first-order valence-corrected chi connectivity index (χ1v) is 14.5. The van der Waals surface area contributed by atoms with Gasteiger partial charge >= 0.3 is 7.60 Å². The highest BCUT2D eigenvalue weighted by atomic mass is 31.2. The van der Waals surface area contributed by atoms with Gasteiger partial charge in [0.1, 0.15) is 6.54 Å². The Kier molecular flexibility index (Phi) is 17.7. The molecule has 0 rings (SSSR count). The summed E-state index contributed by atoms with van der Waals surface area (Å²) in [5.41, 5.74) is 0. The van der Waals surface area contributed by atoms with Crippen LogP contribution in [0.2, 0.25) is 0 Å². The van der Waals surface area contributed by atoms with Gasteiger partial charge in [-0.15, -0.1) is 0 Å². The molecule has 0 aliphatic rings. The van der Waals surface area contributed by atoms with E-state index in [1.807, 2.05) is 21.1 Å². The number of likely N-dealkylation sites (N-methyl/N-ethyl adjacent to an activating group) is 1. The third-order valence-corrected chi connectivity index (χ3v) is 7.22. The van der Waals surface area contributed by atoms with E-state index in [1.165, 1.54) is 57.8 Å². The van der Waals surface area contributed by atoms with E-state index in [4.69, 9.17) is 0 Å². The van der Waals surface area contributed by atoms with Crippen LogP contribution in [0.4, 0.5) is 0 Å². The van der Waals surface area contributed by atoms with E-state index in [-0.39, 0.29) is 13.0 Å². The minimum Gasteiger partial charge on any atom is -0.373 e. The molecule has 0 aromatic heterocycles. The molecular weight excluding hydrogens is 421 g/mol. The first-order chi connectivity index (χ1) is 15.0. The third-order valence-electron chi connectivity index (χ3n) is 5.77. The Morgan fingerprint density at radius 3 is 1.53 bits per heavy atom. The second kappa shape index (κ2) is 18.0. The Bertz CT molecular complexity index is 551. The molecule has 190 valence electrons. The summed E-state index contributed by atoms with van der Waals surface area (Å²) in [6.45, 7) is 2.31. The molecule has 0 radical (unpaired) electrons. The van der Waals surface area contributed by atoms with E-state index >= 15 is 0 Å². The lowest BCUT2D eigenvalue weighted by molar-refractivity contribution is -0.875. The minimum atomic E-state index is -4.56. The molecule has 0 heterocycles. The first kappa shape index (κ1) is 31.6. The maximum atomic E-state index is 11.8. The van der Waals surface area contributed by atoms with Crippen molar-refractivity contribution in [3.05, 3.63) is 24.3 Å². The number of quaternary nitrogens is 1. The molecule has 0 aromatic carbocycles. The molecule has 0 fully saturated rings. The van der Waals surface area contributed by atoms with Crippen molar-refractivity contribution in [3.8, 4) is 0 Å². The van der Waals surface area contributed by atoms with Gasteiger partial charge in [0.2, 0.25) is 5.34 Å². The lowest BCUT2D eigenvalue weighted by atomic mass is 10.1. The van der Waals surface area contributed by atoms with E-state index in [9.17, 15) is 19.5 Å². The topological polar surface area (TPSA) is 77.8 Å². The standard InChI is InChI=1S/C26H52NO4P/c1-5-6-7-8-9-10-11-12-13-14-15-16-17-18-19-20-21-22-23-24-26(28,32(29,30)31)25-27(2,3)4/h13-14,18-19,28H,5-12,15-17,20-25H2,1-4H3,(H-,29,30,31)/p+1/b14-13-,19-18-. The zero-order valence-electron chi connectivity index (χ0n) is 21.5. The van der Waals surface area contributed by atoms with Crippen LogP contribution in [-0.2, 0) is 4.57 Å². The average Bonchev–Trinajstić information content (AvgIpc) is 2.67. The SMILES string of the molecule is CCCCCCCCC/C=C\CCC/C=C\CCCCCC(O)(C[N+](C)(C)C)P(=O)(O)O. The Hall–Kier alpha value is -0.450. The van der Waals surface area contributed by atoms with Gasteiger partial charge in [-0.05, 0) is 57.8 Å². The molecule has 0 aliphatic carbocycles. The van der Waals surface area contributed by atoms with Gasteiger partial charge in [-0.2, -0.15) is 0 Å². The van der Waals surface area contributed by atoms with Crippen LogP contribution in [0.5, 0.6) is 0 Å². The molecule has 0 saturated carbocycles. The number of aliphatic hydroxyl groups is 1. The average molecular weight is 475 g/mol. The summed E-state index contributed by atoms with van der Waals surface area (Å²) in [5.74, 6) is 0. The van der Waals surface area contributed by atoms with Crippen LogP contribution in [0, 0.1) is 0 Å².